The molecular weight excluding hydrogens is 316 g/mol. The quantitative estimate of drug-likeness (QED) is 0.893. The van der Waals surface area contributed by atoms with Gasteiger partial charge in [0.25, 0.3) is 0 Å². The highest BCUT2D eigenvalue weighted by Crippen LogP contribution is 2.50. The molecule has 1 aromatic rings. The van der Waals surface area contributed by atoms with E-state index in [4.69, 9.17) is 9.47 Å². The first-order chi connectivity index (χ1) is 10.7. The summed E-state index contributed by atoms with van der Waals surface area (Å²) in [6.07, 6.45) is 0.953. The van der Waals surface area contributed by atoms with E-state index < -0.39 is 0 Å². The molecule has 0 spiro atoms. The van der Waals surface area contributed by atoms with Crippen molar-refractivity contribution in [2.75, 3.05) is 32.8 Å². The average molecular weight is 339 g/mol. The Balaban J connectivity index is 0.00000156. The number of halogens is 1. The molecule has 5 nitrogen and oxygen atoms in total. The van der Waals surface area contributed by atoms with Crippen molar-refractivity contribution in [3.8, 4) is 11.5 Å². The molecule has 6 heteroatoms. The van der Waals surface area contributed by atoms with E-state index in [-0.39, 0.29) is 18.3 Å². The maximum atomic E-state index is 12.7. The maximum absolute atomic E-state index is 12.7. The van der Waals surface area contributed by atoms with Crippen LogP contribution < -0.4 is 14.8 Å². The molecule has 23 heavy (non-hydrogen) atoms. The minimum atomic E-state index is 0. The lowest BCUT2D eigenvalue weighted by atomic mass is 10.1. The lowest BCUT2D eigenvalue weighted by Gasteiger charge is -2.34. The van der Waals surface area contributed by atoms with Crippen LogP contribution in [0.2, 0.25) is 0 Å². The molecule has 3 atom stereocenters. The SMILES string of the molecule is CC1CNCCN1C(=O)C1CC1c1ccc2c(c1)OCCO2.Cl. The average Bonchev–Trinajstić information content (AvgIpc) is 3.35. The Morgan fingerprint density at radius 2 is 2.04 bits per heavy atom. The van der Waals surface area contributed by atoms with E-state index in [1.165, 1.54) is 5.56 Å². The highest BCUT2D eigenvalue weighted by Gasteiger charge is 2.47. The molecule has 1 amide bonds. The first-order valence-electron chi connectivity index (χ1n) is 8.15. The first kappa shape index (κ1) is 16.4. The van der Waals surface area contributed by atoms with Crippen LogP contribution in [0.5, 0.6) is 11.5 Å². The molecule has 0 aromatic heterocycles. The van der Waals surface area contributed by atoms with Gasteiger partial charge in [0.15, 0.2) is 11.5 Å². The maximum Gasteiger partial charge on any atom is 0.226 e. The Bertz CT molecular complexity index is 595. The molecule has 2 aliphatic heterocycles. The fraction of sp³-hybridized carbons (Fsp3) is 0.588. The minimum Gasteiger partial charge on any atom is -0.486 e. The predicted octanol–water partition coefficient (Wildman–Crippen LogP) is 1.80. The van der Waals surface area contributed by atoms with Gasteiger partial charge in [0.1, 0.15) is 13.2 Å². The summed E-state index contributed by atoms with van der Waals surface area (Å²) < 4.78 is 11.2. The van der Waals surface area contributed by atoms with E-state index >= 15 is 0 Å². The number of benzene rings is 1. The van der Waals surface area contributed by atoms with Crippen molar-refractivity contribution in [2.45, 2.75) is 25.3 Å². The summed E-state index contributed by atoms with van der Waals surface area (Å²) >= 11 is 0. The van der Waals surface area contributed by atoms with E-state index in [1.807, 2.05) is 17.0 Å². The van der Waals surface area contributed by atoms with Crippen molar-refractivity contribution >= 4 is 18.3 Å². The number of hydrogen-bond donors (Lipinski definition) is 1. The summed E-state index contributed by atoms with van der Waals surface area (Å²) in [6, 6.07) is 6.39. The molecule has 1 saturated heterocycles. The number of rotatable bonds is 2. The fourth-order valence-electron chi connectivity index (χ4n) is 3.51. The second-order valence-corrected chi connectivity index (χ2v) is 6.44. The molecule has 3 aliphatic rings. The fourth-order valence-corrected chi connectivity index (χ4v) is 3.51. The number of carbonyl (C=O) groups excluding carboxylic acids is 1. The molecule has 1 aliphatic carbocycles. The third-order valence-corrected chi connectivity index (χ3v) is 4.89. The van der Waals surface area contributed by atoms with Crippen molar-refractivity contribution < 1.29 is 14.3 Å². The Kier molecular flexibility index (Phi) is 4.69. The molecule has 4 rings (SSSR count). The number of piperazine rings is 1. The summed E-state index contributed by atoms with van der Waals surface area (Å²) in [4.78, 5) is 14.7. The van der Waals surface area contributed by atoms with E-state index in [1.54, 1.807) is 0 Å². The molecule has 2 heterocycles. The zero-order valence-corrected chi connectivity index (χ0v) is 14.1. The zero-order chi connectivity index (χ0) is 15.1. The number of nitrogens with one attached hydrogen (secondary N) is 1. The van der Waals surface area contributed by atoms with Crippen LogP contribution in [0.3, 0.4) is 0 Å². The lowest BCUT2D eigenvalue weighted by molar-refractivity contribution is -0.135. The number of ether oxygens (including phenoxy) is 2. The largest absolute Gasteiger partial charge is 0.486 e. The van der Waals surface area contributed by atoms with E-state index in [9.17, 15) is 4.79 Å². The van der Waals surface area contributed by atoms with Gasteiger partial charge in [-0.2, -0.15) is 0 Å². The monoisotopic (exact) mass is 338 g/mol. The molecular formula is C17H23ClN2O3. The van der Waals surface area contributed by atoms with Gasteiger partial charge in [0, 0.05) is 31.6 Å². The van der Waals surface area contributed by atoms with Gasteiger partial charge in [-0.1, -0.05) is 6.07 Å². The van der Waals surface area contributed by atoms with Gasteiger partial charge in [-0.25, -0.2) is 0 Å². The molecule has 3 unspecified atom stereocenters. The summed E-state index contributed by atoms with van der Waals surface area (Å²) in [5, 5.41) is 3.33. The molecule has 2 fully saturated rings. The van der Waals surface area contributed by atoms with Crippen LogP contribution in [0, 0.1) is 5.92 Å². The topological polar surface area (TPSA) is 50.8 Å². The Morgan fingerprint density at radius 3 is 2.83 bits per heavy atom. The van der Waals surface area contributed by atoms with Crippen LogP contribution >= 0.6 is 12.4 Å². The van der Waals surface area contributed by atoms with Crippen molar-refractivity contribution in [1.29, 1.82) is 0 Å². The molecule has 0 radical (unpaired) electrons. The minimum absolute atomic E-state index is 0. The number of carbonyl (C=O) groups is 1. The van der Waals surface area contributed by atoms with Gasteiger partial charge in [0.05, 0.1) is 0 Å². The number of hydrogen-bond acceptors (Lipinski definition) is 4. The van der Waals surface area contributed by atoms with Crippen molar-refractivity contribution in [2.24, 2.45) is 5.92 Å². The second-order valence-electron chi connectivity index (χ2n) is 6.44. The normalized spacial score (nSPS) is 28.7. The van der Waals surface area contributed by atoms with Crippen molar-refractivity contribution in [1.82, 2.24) is 10.2 Å². The van der Waals surface area contributed by atoms with Gasteiger partial charge in [-0.05, 0) is 37.0 Å². The smallest absolute Gasteiger partial charge is 0.226 e. The van der Waals surface area contributed by atoms with Gasteiger partial charge in [0.2, 0.25) is 5.91 Å². The molecule has 1 N–H and O–H groups in total. The number of amides is 1. The van der Waals surface area contributed by atoms with Gasteiger partial charge in [-0.3, -0.25) is 4.79 Å². The number of nitrogens with zero attached hydrogens (tertiary/aromatic N) is 1. The third-order valence-electron chi connectivity index (χ3n) is 4.89. The predicted molar refractivity (Wildman–Crippen MR) is 89.6 cm³/mol. The summed E-state index contributed by atoms with van der Waals surface area (Å²) in [5.41, 5.74) is 1.20. The van der Waals surface area contributed by atoms with Crippen LogP contribution in [0.4, 0.5) is 0 Å². The Morgan fingerprint density at radius 1 is 1.26 bits per heavy atom. The van der Waals surface area contributed by atoms with E-state index in [0.717, 1.165) is 37.6 Å². The van der Waals surface area contributed by atoms with Gasteiger partial charge >= 0.3 is 0 Å². The molecule has 126 valence electrons. The van der Waals surface area contributed by atoms with Crippen LogP contribution in [0.1, 0.15) is 24.8 Å². The molecule has 0 bridgehead atoms. The summed E-state index contributed by atoms with van der Waals surface area (Å²) in [7, 11) is 0. The Labute approximate surface area is 142 Å². The highest BCUT2D eigenvalue weighted by molar-refractivity contribution is 5.85. The number of fused-ring (bicyclic) bond motifs is 1. The summed E-state index contributed by atoms with van der Waals surface area (Å²) in [6.45, 7) is 5.94. The van der Waals surface area contributed by atoms with Crippen LogP contribution in [0.25, 0.3) is 0 Å². The standard InChI is InChI=1S/C17H22N2O3.ClH/c1-11-10-18-4-5-19(11)17(20)14-9-13(14)12-2-3-15-16(8-12)22-7-6-21-15;/h2-3,8,11,13-14,18H,4-7,9-10H2,1H3;1H. The highest BCUT2D eigenvalue weighted by atomic mass is 35.5. The Hall–Kier alpha value is -1.46. The van der Waals surface area contributed by atoms with Crippen molar-refractivity contribution in [3.05, 3.63) is 23.8 Å². The first-order valence-corrected chi connectivity index (χ1v) is 8.15. The van der Waals surface area contributed by atoms with Crippen LogP contribution in [-0.4, -0.2) is 49.7 Å². The second kappa shape index (κ2) is 6.57. The van der Waals surface area contributed by atoms with Gasteiger partial charge < -0.3 is 19.7 Å². The molecule has 1 saturated carbocycles. The van der Waals surface area contributed by atoms with Crippen molar-refractivity contribution in [3.63, 3.8) is 0 Å². The molecule has 1 aromatic carbocycles. The zero-order valence-electron chi connectivity index (χ0n) is 13.3. The summed E-state index contributed by atoms with van der Waals surface area (Å²) in [5.74, 6) is 2.43. The van der Waals surface area contributed by atoms with E-state index in [2.05, 4.69) is 18.3 Å². The van der Waals surface area contributed by atoms with Crippen LogP contribution in [-0.2, 0) is 4.79 Å². The van der Waals surface area contributed by atoms with Crippen LogP contribution in [0.15, 0.2) is 18.2 Å². The third kappa shape index (κ3) is 3.12. The van der Waals surface area contributed by atoms with E-state index in [0.29, 0.717) is 31.1 Å². The lowest BCUT2D eigenvalue weighted by Crippen LogP contribution is -2.52. The van der Waals surface area contributed by atoms with Gasteiger partial charge in [-0.15, -0.1) is 12.4 Å².